The minimum absolute atomic E-state index is 0.0272. The topological polar surface area (TPSA) is 87.7 Å². The molecule has 0 unspecified atom stereocenters. The lowest BCUT2D eigenvalue weighted by atomic mass is 10.1. The first-order valence-electron chi connectivity index (χ1n) is 9.24. The third-order valence-corrected chi connectivity index (χ3v) is 4.42. The number of thiocarbonyl (C=S) groups is 1. The molecule has 0 aliphatic rings. The van der Waals surface area contributed by atoms with Crippen molar-refractivity contribution >= 4 is 40.8 Å². The Morgan fingerprint density at radius 1 is 0.742 bits per heavy atom. The normalized spacial score (nSPS) is 9.97. The molecule has 2 amide bonds. The molecule has 0 aliphatic heterocycles. The summed E-state index contributed by atoms with van der Waals surface area (Å²) in [5.41, 5.74) is 4.26. The number of esters is 1. The summed E-state index contributed by atoms with van der Waals surface area (Å²) in [5, 5.41) is 3.78. The number of nitrogens with zero attached hydrogens (tertiary/aromatic N) is 1. The third kappa shape index (κ3) is 5.52. The summed E-state index contributed by atoms with van der Waals surface area (Å²) in [6, 6.07) is 23.2. The first-order chi connectivity index (χ1) is 15.0. The maximum absolute atomic E-state index is 13.0. The number of hydrogen-bond acceptors (Lipinski definition) is 5. The number of hydrogen-bond donors (Lipinski definition) is 2. The molecule has 156 valence electrons. The van der Waals surface area contributed by atoms with Crippen molar-refractivity contribution in [3.63, 3.8) is 0 Å². The van der Waals surface area contributed by atoms with Gasteiger partial charge in [0.15, 0.2) is 5.11 Å². The summed E-state index contributed by atoms with van der Waals surface area (Å²) in [6.45, 7) is 0. The number of ether oxygens (including phenoxy) is 1. The third-order valence-electron chi connectivity index (χ3n) is 4.22. The van der Waals surface area contributed by atoms with Crippen LogP contribution in [0.4, 0.5) is 5.69 Å². The molecular weight excluding hydrogens is 414 g/mol. The number of benzene rings is 3. The zero-order valence-corrected chi connectivity index (χ0v) is 17.4. The number of carbonyl (C=O) groups is 3. The van der Waals surface area contributed by atoms with E-state index in [4.69, 9.17) is 12.2 Å². The van der Waals surface area contributed by atoms with E-state index in [1.807, 2.05) is 0 Å². The summed E-state index contributed by atoms with van der Waals surface area (Å²) < 4.78 is 4.67. The Bertz CT molecular complexity index is 1040. The molecule has 0 aromatic heterocycles. The quantitative estimate of drug-likeness (QED) is 0.281. The molecule has 31 heavy (non-hydrogen) atoms. The van der Waals surface area contributed by atoms with Crippen LogP contribution in [0.15, 0.2) is 84.9 Å². The van der Waals surface area contributed by atoms with Crippen molar-refractivity contribution in [3.05, 3.63) is 102 Å². The number of imide groups is 1. The van der Waals surface area contributed by atoms with Crippen LogP contribution in [0, 0.1) is 0 Å². The molecule has 0 aliphatic carbocycles. The number of carbonyl (C=O) groups excluding carboxylic acids is 3. The smallest absolute Gasteiger partial charge is 0.337 e. The van der Waals surface area contributed by atoms with Gasteiger partial charge in [0.05, 0.1) is 12.7 Å². The molecule has 7 nitrogen and oxygen atoms in total. The van der Waals surface area contributed by atoms with Crippen LogP contribution in [0.5, 0.6) is 0 Å². The minimum atomic E-state index is -0.556. The van der Waals surface area contributed by atoms with Crippen LogP contribution in [-0.4, -0.2) is 35.0 Å². The molecule has 0 saturated heterocycles. The Balaban J connectivity index is 1.79. The van der Waals surface area contributed by atoms with Gasteiger partial charge in [-0.2, -0.15) is 5.01 Å². The van der Waals surface area contributed by atoms with Crippen LogP contribution in [0.1, 0.15) is 31.1 Å². The molecule has 0 saturated carbocycles. The number of rotatable bonds is 4. The van der Waals surface area contributed by atoms with E-state index in [1.54, 1.807) is 84.9 Å². The van der Waals surface area contributed by atoms with E-state index in [1.165, 1.54) is 7.11 Å². The van der Waals surface area contributed by atoms with Crippen LogP contribution >= 0.6 is 12.2 Å². The molecule has 0 radical (unpaired) electrons. The predicted octanol–water partition coefficient (Wildman–Crippen LogP) is 3.66. The molecular formula is C23H19N3O4S. The Morgan fingerprint density at radius 2 is 1.23 bits per heavy atom. The van der Waals surface area contributed by atoms with Gasteiger partial charge < -0.3 is 10.1 Å². The van der Waals surface area contributed by atoms with E-state index >= 15 is 0 Å². The van der Waals surface area contributed by atoms with Crippen LogP contribution in [-0.2, 0) is 4.74 Å². The van der Waals surface area contributed by atoms with E-state index in [-0.39, 0.29) is 5.11 Å². The molecule has 0 fully saturated rings. The molecule has 8 heteroatoms. The van der Waals surface area contributed by atoms with Gasteiger partial charge in [-0.3, -0.25) is 15.0 Å². The SMILES string of the molecule is COC(=O)c1ccc(NC(=S)NN(C(=O)c2ccccc2)C(=O)c2ccccc2)cc1. The number of hydrazine groups is 1. The Morgan fingerprint density at radius 3 is 1.68 bits per heavy atom. The molecule has 0 heterocycles. The highest BCUT2D eigenvalue weighted by Crippen LogP contribution is 2.12. The monoisotopic (exact) mass is 433 g/mol. The maximum atomic E-state index is 13.0. The van der Waals surface area contributed by atoms with Crippen LogP contribution in [0.2, 0.25) is 0 Å². The van der Waals surface area contributed by atoms with E-state index < -0.39 is 17.8 Å². The average Bonchev–Trinajstić information content (AvgIpc) is 2.82. The first-order valence-corrected chi connectivity index (χ1v) is 9.65. The fraction of sp³-hybridized carbons (Fsp3) is 0.0435. The van der Waals surface area contributed by atoms with Gasteiger partial charge in [0.25, 0.3) is 11.8 Å². The highest BCUT2D eigenvalue weighted by Gasteiger charge is 2.25. The largest absolute Gasteiger partial charge is 0.465 e. The maximum Gasteiger partial charge on any atom is 0.337 e. The van der Waals surface area contributed by atoms with Gasteiger partial charge in [0.1, 0.15) is 0 Å². The summed E-state index contributed by atoms with van der Waals surface area (Å²) in [6.07, 6.45) is 0. The number of methoxy groups -OCH3 is 1. The van der Waals surface area contributed by atoms with Crippen molar-refractivity contribution in [2.45, 2.75) is 0 Å². The highest BCUT2D eigenvalue weighted by molar-refractivity contribution is 7.80. The zero-order chi connectivity index (χ0) is 22.2. The average molecular weight is 433 g/mol. The van der Waals surface area contributed by atoms with Crippen molar-refractivity contribution in [2.24, 2.45) is 0 Å². The second kappa shape index (κ2) is 10.1. The predicted molar refractivity (Wildman–Crippen MR) is 121 cm³/mol. The zero-order valence-electron chi connectivity index (χ0n) is 16.6. The van der Waals surface area contributed by atoms with Crippen LogP contribution < -0.4 is 10.7 Å². The van der Waals surface area contributed by atoms with Crippen molar-refractivity contribution < 1.29 is 19.1 Å². The highest BCUT2D eigenvalue weighted by atomic mass is 32.1. The standard InChI is InChI=1S/C23H19N3O4S/c1-30-22(29)18-12-14-19(15-13-18)24-23(31)25-26(20(27)16-8-4-2-5-9-16)21(28)17-10-6-3-7-11-17/h2-15H,1H3,(H2,24,25,31). The van der Waals surface area contributed by atoms with Gasteiger partial charge in [-0.1, -0.05) is 36.4 Å². The van der Waals surface area contributed by atoms with Crippen LogP contribution in [0.25, 0.3) is 0 Å². The Hall–Kier alpha value is -4.04. The van der Waals surface area contributed by atoms with Gasteiger partial charge in [0, 0.05) is 16.8 Å². The Labute approximate surface area is 184 Å². The van der Waals surface area contributed by atoms with Gasteiger partial charge in [0.2, 0.25) is 0 Å². The van der Waals surface area contributed by atoms with Crippen LogP contribution in [0.3, 0.4) is 0 Å². The summed E-state index contributed by atoms with van der Waals surface area (Å²) in [7, 11) is 1.30. The van der Waals surface area contributed by atoms with Crippen molar-refractivity contribution in [3.8, 4) is 0 Å². The van der Waals surface area contributed by atoms with E-state index in [2.05, 4.69) is 15.5 Å². The summed E-state index contributed by atoms with van der Waals surface area (Å²) in [5.74, 6) is -1.57. The van der Waals surface area contributed by atoms with Gasteiger partial charge in [-0.05, 0) is 60.7 Å². The number of anilines is 1. The van der Waals surface area contributed by atoms with Gasteiger partial charge in [-0.25, -0.2) is 4.79 Å². The molecule has 0 spiro atoms. The van der Waals surface area contributed by atoms with Crippen molar-refractivity contribution in [1.29, 1.82) is 0 Å². The first kappa shape index (κ1) is 21.7. The van der Waals surface area contributed by atoms with E-state index in [9.17, 15) is 14.4 Å². The van der Waals surface area contributed by atoms with Gasteiger partial charge >= 0.3 is 5.97 Å². The molecule has 3 rings (SSSR count). The lowest BCUT2D eigenvalue weighted by Crippen LogP contribution is -2.51. The van der Waals surface area contributed by atoms with Gasteiger partial charge in [-0.15, -0.1) is 0 Å². The molecule has 3 aromatic carbocycles. The number of nitrogens with one attached hydrogen (secondary N) is 2. The molecule has 0 bridgehead atoms. The van der Waals surface area contributed by atoms with Crippen molar-refractivity contribution in [1.82, 2.24) is 10.4 Å². The van der Waals surface area contributed by atoms with Crippen molar-refractivity contribution in [2.75, 3.05) is 12.4 Å². The molecule has 3 aromatic rings. The lowest BCUT2D eigenvalue weighted by molar-refractivity contribution is 0.0569. The Kier molecular flexibility index (Phi) is 7.08. The summed E-state index contributed by atoms with van der Waals surface area (Å²) >= 11 is 5.30. The lowest BCUT2D eigenvalue weighted by Gasteiger charge is -2.23. The molecule has 0 atom stereocenters. The number of amides is 2. The second-order valence-electron chi connectivity index (χ2n) is 6.31. The second-order valence-corrected chi connectivity index (χ2v) is 6.72. The fourth-order valence-electron chi connectivity index (χ4n) is 2.68. The summed E-state index contributed by atoms with van der Waals surface area (Å²) in [4.78, 5) is 37.6. The van der Waals surface area contributed by atoms with E-state index in [0.29, 0.717) is 22.4 Å². The fourth-order valence-corrected chi connectivity index (χ4v) is 2.89. The molecule has 2 N–H and O–H groups in total. The minimum Gasteiger partial charge on any atom is -0.465 e. The van der Waals surface area contributed by atoms with E-state index in [0.717, 1.165) is 5.01 Å².